The van der Waals surface area contributed by atoms with Gasteiger partial charge in [0.05, 0.1) is 30.6 Å². The third-order valence-electron chi connectivity index (χ3n) is 7.19. The Hall–Kier alpha value is -2.45. The molecular formula is C25H35N3O5. The molecule has 3 saturated heterocycles. The van der Waals surface area contributed by atoms with Crippen molar-refractivity contribution in [1.29, 1.82) is 0 Å². The van der Waals surface area contributed by atoms with Crippen LogP contribution in [0.1, 0.15) is 45.6 Å². The number of benzene rings is 1. The van der Waals surface area contributed by atoms with Gasteiger partial charge in [-0.3, -0.25) is 14.4 Å². The average Bonchev–Trinajstić information content (AvgIpc) is 3.43. The number of likely N-dealkylation sites (tertiary alicyclic amines) is 1. The van der Waals surface area contributed by atoms with Crippen molar-refractivity contribution in [3.8, 4) is 0 Å². The lowest BCUT2D eigenvalue weighted by Crippen LogP contribution is -2.59. The molecule has 3 fully saturated rings. The summed E-state index contributed by atoms with van der Waals surface area (Å²) in [4.78, 5) is 42.0. The van der Waals surface area contributed by atoms with E-state index in [4.69, 9.17) is 4.74 Å². The third-order valence-corrected chi connectivity index (χ3v) is 7.19. The first-order chi connectivity index (χ1) is 15.8. The maximum Gasteiger partial charge on any atom is 0.246 e. The summed E-state index contributed by atoms with van der Waals surface area (Å²) in [5, 5.41) is 16.2. The Labute approximate surface area is 195 Å². The summed E-state index contributed by atoms with van der Waals surface area (Å²) in [6.45, 7) is 5.96. The van der Waals surface area contributed by atoms with Gasteiger partial charge in [0.15, 0.2) is 0 Å². The van der Waals surface area contributed by atoms with E-state index in [2.05, 4.69) is 10.6 Å². The second-order valence-corrected chi connectivity index (χ2v) is 9.78. The van der Waals surface area contributed by atoms with E-state index < -0.39 is 29.5 Å². The minimum Gasteiger partial charge on any atom is -0.394 e. The minimum absolute atomic E-state index is 0.117. The lowest BCUT2D eigenvalue weighted by molar-refractivity contribution is -0.145. The Bertz CT molecular complexity index is 891. The van der Waals surface area contributed by atoms with Crippen molar-refractivity contribution in [3.05, 3.63) is 35.9 Å². The summed E-state index contributed by atoms with van der Waals surface area (Å²) < 4.78 is 6.39. The van der Waals surface area contributed by atoms with Gasteiger partial charge in [-0.2, -0.15) is 0 Å². The number of hydrogen-bond donors (Lipinski definition) is 3. The summed E-state index contributed by atoms with van der Waals surface area (Å²) in [5.74, 6) is -2.08. The van der Waals surface area contributed by atoms with Crippen molar-refractivity contribution >= 4 is 17.7 Å². The highest BCUT2D eigenvalue weighted by Gasteiger charge is 2.75. The molecule has 3 amide bonds. The second kappa shape index (κ2) is 9.43. The molecule has 0 aliphatic carbocycles. The van der Waals surface area contributed by atoms with Gasteiger partial charge in [-0.15, -0.1) is 0 Å². The van der Waals surface area contributed by atoms with Crippen LogP contribution in [0.25, 0.3) is 0 Å². The van der Waals surface area contributed by atoms with E-state index in [1.54, 1.807) is 0 Å². The molecule has 3 N–H and O–H groups in total. The molecule has 1 spiro atoms. The molecule has 8 nitrogen and oxygen atoms in total. The molecule has 1 aromatic carbocycles. The summed E-state index contributed by atoms with van der Waals surface area (Å²) in [6.07, 6.45) is 2.02. The van der Waals surface area contributed by atoms with Crippen molar-refractivity contribution in [1.82, 2.24) is 15.5 Å². The maximum atomic E-state index is 13.9. The quantitative estimate of drug-likeness (QED) is 0.513. The van der Waals surface area contributed by atoms with Crippen LogP contribution in [0.3, 0.4) is 0 Å². The average molecular weight is 458 g/mol. The molecule has 8 heteroatoms. The third kappa shape index (κ3) is 4.04. The van der Waals surface area contributed by atoms with Gasteiger partial charge in [0.1, 0.15) is 11.6 Å². The van der Waals surface area contributed by atoms with E-state index in [1.165, 1.54) is 4.90 Å². The van der Waals surface area contributed by atoms with Gasteiger partial charge < -0.3 is 25.4 Å². The fraction of sp³-hybridized carbons (Fsp3) is 0.640. The van der Waals surface area contributed by atoms with Crippen LogP contribution in [-0.4, -0.2) is 70.7 Å². The first-order valence-electron chi connectivity index (χ1n) is 12.1. The van der Waals surface area contributed by atoms with Crippen LogP contribution in [0, 0.1) is 11.8 Å². The normalized spacial score (nSPS) is 31.1. The lowest BCUT2D eigenvalue weighted by Gasteiger charge is -2.37. The number of rotatable bonds is 9. The topological polar surface area (TPSA) is 108 Å². The molecule has 0 aromatic heterocycles. The first kappa shape index (κ1) is 23.7. The van der Waals surface area contributed by atoms with Crippen LogP contribution in [0.5, 0.6) is 0 Å². The fourth-order valence-electron chi connectivity index (χ4n) is 5.95. The van der Waals surface area contributed by atoms with Gasteiger partial charge in [-0.25, -0.2) is 0 Å². The molecule has 2 unspecified atom stereocenters. The number of aliphatic hydroxyl groups is 1. The van der Waals surface area contributed by atoms with Crippen molar-refractivity contribution < 1.29 is 24.2 Å². The number of carbonyl (C=O) groups is 3. The van der Waals surface area contributed by atoms with E-state index in [1.807, 2.05) is 51.1 Å². The zero-order valence-electron chi connectivity index (χ0n) is 19.6. The predicted octanol–water partition coefficient (Wildman–Crippen LogP) is 1.02. The summed E-state index contributed by atoms with van der Waals surface area (Å²) in [7, 11) is 0. The van der Waals surface area contributed by atoms with E-state index in [9.17, 15) is 19.5 Å². The number of ether oxygens (including phenoxy) is 1. The van der Waals surface area contributed by atoms with Gasteiger partial charge >= 0.3 is 0 Å². The Morgan fingerprint density at radius 3 is 2.61 bits per heavy atom. The van der Waals surface area contributed by atoms with Gasteiger partial charge in [0, 0.05) is 12.6 Å². The highest BCUT2D eigenvalue weighted by atomic mass is 16.5. The first-order valence-corrected chi connectivity index (χ1v) is 12.1. The van der Waals surface area contributed by atoms with Crippen molar-refractivity contribution in [3.63, 3.8) is 0 Å². The molecule has 2 bridgehead atoms. The fourth-order valence-corrected chi connectivity index (χ4v) is 5.95. The zero-order valence-corrected chi connectivity index (χ0v) is 19.6. The molecule has 0 saturated carbocycles. The van der Waals surface area contributed by atoms with Crippen LogP contribution < -0.4 is 10.6 Å². The molecule has 3 aliphatic heterocycles. The number of hydrogen-bond acceptors (Lipinski definition) is 5. The Balaban J connectivity index is 1.72. The number of nitrogens with zero attached hydrogens (tertiary/aromatic N) is 1. The van der Waals surface area contributed by atoms with Gasteiger partial charge in [0.25, 0.3) is 0 Å². The smallest absolute Gasteiger partial charge is 0.246 e. The van der Waals surface area contributed by atoms with Crippen LogP contribution in [0.15, 0.2) is 30.3 Å². The molecule has 3 aliphatic rings. The molecule has 4 rings (SSSR count). The monoisotopic (exact) mass is 457 g/mol. The van der Waals surface area contributed by atoms with Crippen molar-refractivity contribution in [2.24, 2.45) is 11.8 Å². The van der Waals surface area contributed by atoms with Crippen LogP contribution in [0.4, 0.5) is 0 Å². The predicted molar refractivity (Wildman–Crippen MR) is 122 cm³/mol. The van der Waals surface area contributed by atoms with E-state index in [-0.39, 0.29) is 36.5 Å². The number of carbonyl (C=O) groups excluding carboxylic acids is 3. The largest absolute Gasteiger partial charge is 0.394 e. The van der Waals surface area contributed by atoms with Crippen LogP contribution >= 0.6 is 0 Å². The summed E-state index contributed by atoms with van der Waals surface area (Å²) >= 11 is 0. The summed E-state index contributed by atoms with van der Waals surface area (Å²) in [5.41, 5.74) is -0.0802. The SMILES string of the molecule is CCCNC(=O)[C@@H]1[C@H]2C(=O)N([C@@H](CO)Cc3ccccc3)C(C(=O)NC(C)C)C23CC[C@H]1O3. The van der Waals surface area contributed by atoms with Gasteiger partial charge in [-0.05, 0) is 45.1 Å². The van der Waals surface area contributed by atoms with E-state index in [0.29, 0.717) is 25.8 Å². The number of fused-ring (bicyclic) bond motifs is 1. The summed E-state index contributed by atoms with van der Waals surface area (Å²) in [6, 6.07) is 8.01. The minimum atomic E-state index is -1.04. The number of nitrogens with one attached hydrogen (secondary N) is 2. The van der Waals surface area contributed by atoms with Crippen LogP contribution in [-0.2, 0) is 25.5 Å². The molecule has 6 atom stereocenters. The van der Waals surface area contributed by atoms with E-state index >= 15 is 0 Å². The zero-order chi connectivity index (χ0) is 23.8. The Kier molecular flexibility index (Phi) is 6.77. The maximum absolute atomic E-state index is 13.9. The van der Waals surface area contributed by atoms with Crippen LogP contribution in [0.2, 0.25) is 0 Å². The molecule has 180 valence electrons. The highest BCUT2D eigenvalue weighted by Crippen LogP contribution is 2.58. The van der Waals surface area contributed by atoms with Gasteiger partial charge in [-0.1, -0.05) is 37.3 Å². The molecule has 3 heterocycles. The van der Waals surface area contributed by atoms with Gasteiger partial charge in [0.2, 0.25) is 17.7 Å². The molecule has 1 aromatic rings. The van der Waals surface area contributed by atoms with E-state index in [0.717, 1.165) is 12.0 Å². The second-order valence-electron chi connectivity index (χ2n) is 9.78. The molecule has 33 heavy (non-hydrogen) atoms. The number of aliphatic hydroxyl groups excluding tert-OH is 1. The van der Waals surface area contributed by atoms with Crippen molar-refractivity contribution in [2.45, 2.75) is 76.3 Å². The number of amides is 3. The standard InChI is InChI=1S/C25H35N3O5/c1-4-12-26-22(30)19-18-10-11-25(33-18)20(19)24(32)28(21(25)23(31)27-15(2)3)17(14-29)13-16-8-6-5-7-9-16/h5-9,15,17-21,29H,4,10-14H2,1-3H3,(H,26,30)(H,27,31)/t17-,18-,19+,20+,21?,25?/m1/s1. The highest BCUT2D eigenvalue weighted by molar-refractivity contribution is 5.99. The lowest BCUT2D eigenvalue weighted by atomic mass is 9.70. The Morgan fingerprint density at radius 1 is 1.24 bits per heavy atom. The van der Waals surface area contributed by atoms with Crippen molar-refractivity contribution in [2.75, 3.05) is 13.2 Å². The molecule has 0 radical (unpaired) electrons. The molecular weight excluding hydrogens is 422 g/mol. The Morgan fingerprint density at radius 2 is 1.97 bits per heavy atom.